The fraction of sp³-hybridized carbons (Fsp3) is 0.733. The second kappa shape index (κ2) is 16.5. The van der Waals surface area contributed by atoms with E-state index in [1.165, 1.54) is 21.8 Å². The topological polar surface area (TPSA) is 217 Å². The number of carbonyl (C=O) groups is 2. The van der Waals surface area contributed by atoms with Crippen LogP contribution in [0.2, 0.25) is 0 Å². The molecule has 2 N–H and O–H groups in total. The van der Waals surface area contributed by atoms with Gasteiger partial charge in [0.1, 0.15) is 41.2 Å². The average Bonchev–Trinajstić information content (AvgIpc) is 3.45. The number of hydrogen-bond acceptors (Lipinski definition) is 12. The number of hydrogen-bond donors (Lipinski definition) is 2. The monoisotopic (exact) mass is 716 g/mol. The molecule has 2 aliphatic rings. The fourth-order valence-corrected chi connectivity index (χ4v) is 5.52. The van der Waals surface area contributed by atoms with Gasteiger partial charge in [0, 0.05) is 25.9 Å². The third-order valence-electron chi connectivity index (χ3n) is 7.65. The molecule has 2 aliphatic heterocycles. The summed E-state index contributed by atoms with van der Waals surface area (Å²) in [6, 6.07) is -0.882. The zero-order chi connectivity index (χ0) is 37.6. The summed E-state index contributed by atoms with van der Waals surface area (Å²) in [6.45, 7) is 10.2. The second-order valence-electron chi connectivity index (χ2n) is 14.0. The van der Waals surface area contributed by atoms with Crippen molar-refractivity contribution in [2.75, 3.05) is 13.2 Å². The number of alkyl carbamates (subject to hydrolysis) is 2. The Hall–Kier alpha value is -4.46. The van der Waals surface area contributed by atoms with Crippen LogP contribution in [0.15, 0.2) is 12.4 Å². The second-order valence-corrected chi connectivity index (χ2v) is 14.0. The lowest BCUT2D eigenvalue weighted by Crippen LogP contribution is -2.45. The summed E-state index contributed by atoms with van der Waals surface area (Å²) in [5.74, 6) is -0.784. The van der Waals surface area contributed by atoms with Crippen LogP contribution in [-0.2, 0) is 33.0 Å². The Balaban J connectivity index is 0.000000270. The van der Waals surface area contributed by atoms with Crippen molar-refractivity contribution in [1.29, 1.82) is 0 Å². The average molecular weight is 717 g/mol. The van der Waals surface area contributed by atoms with Crippen molar-refractivity contribution in [1.82, 2.24) is 30.2 Å². The van der Waals surface area contributed by atoms with Gasteiger partial charge in [-0.25, -0.2) is 18.4 Å². The summed E-state index contributed by atoms with van der Waals surface area (Å²) in [5.41, 5.74) is -0.877. The van der Waals surface area contributed by atoms with Crippen LogP contribution >= 0.6 is 0 Å². The quantitative estimate of drug-likeness (QED) is 0.304. The van der Waals surface area contributed by atoms with Crippen LogP contribution in [0.25, 0.3) is 0 Å². The smallest absolute Gasteiger partial charge is 0.409 e. The zero-order valence-corrected chi connectivity index (χ0v) is 29.4. The molecule has 6 atom stereocenters. The van der Waals surface area contributed by atoms with Gasteiger partial charge in [-0.3, -0.25) is 34.9 Å². The van der Waals surface area contributed by atoms with E-state index >= 15 is 0 Å². The van der Waals surface area contributed by atoms with Crippen LogP contribution in [0.5, 0.6) is 0 Å². The molecule has 0 aliphatic carbocycles. The van der Waals surface area contributed by atoms with E-state index in [1.54, 1.807) is 55.6 Å². The molecule has 4 rings (SSSR count). The highest BCUT2D eigenvalue weighted by Gasteiger charge is 2.37. The molecule has 280 valence electrons. The molecule has 2 aromatic heterocycles. The first-order valence-electron chi connectivity index (χ1n) is 16.0. The van der Waals surface area contributed by atoms with Crippen LogP contribution in [0.4, 0.5) is 29.7 Å². The normalized spacial score (nSPS) is 24.4. The van der Waals surface area contributed by atoms with Crippen molar-refractivity contribution in [3.63, 3.8) is 0 Å². The lowest BCUT2D eigenvalue weighted by molar-refractivity contribution is -0.386. The lowest BCUT2D eigenvalue weighted by Gasteiger charge is -2.24. The number of nitrogens with one attached hydrogen (secondary N) is 2. The van der Waals surface area contributed by atoms with E-state index < -0.39 is 69.9 Å². The van der Waals surface area contributed by atoms with Crippen LogP contribution < -0.4 is 10.6 Å². The van der Waals surface area contributed by atoms with Crippen molar-refractivity contribution >= 4 is 23.6 Å². The van der Waals surface area contributed by atoms with Gasteiger partial charge in [0.2, 0.25) is 6.36 Å². The van der Waals surface area contributed by atoms with Gasteiger partial charge in [-0.15, -0.1) is 0 Å². The van der Waals surface area contributed by atoms with Gasteiger partial charge in [-0.05, 0) is 67.2 Å². The fourth-order valence-electron chi connectivity index (χ4n) is 5.52. The molecular formula is C30H46F2N8O10. The largest absolute Gasteiger partial charge is 0.444 e. The van der Waals surface area contributed by atoms with Crippen LogP contribution in [0, 0.1) is 20.2 Å². The summed E-state index contributed by atoms with van der Waals surface area (Å²) in [7, 11) is 3.19. The third kappa shape index (κ3) is 11.3. The highest BCUT2D eigenvalue weighted by Crippen LogP contribution is 2.34. The van der Waals surface area contributed by atoms with Crippen LogP contribution in [-0.4, -0.2) is 90.8 Å². The van der Waals surface area contributed by atoms with E-state index in [-0.39, 0.29) is 37.4 Å². The summed E-state index contributed by atoms with van der Waals surface area (Å²) in [6.07, 6.45) is -2.39. The molecule has 0 unspecified atom stereocenters. The zero-order valence-electron chi connectivity index (χ0n) is 29.4. The maximum absolute atomic E-state index is 14.3. The van der Waals surface area contributed by atoms with Crippen LogP contribution in [0.3, 0.4) is 0 Å². The van der Waals surface area contributed by atoms with Gasteiger partial charge in [-0.1, -0.05) is 0 Å². The van der Waals surface area contributed by atoms with E-state index in [0.717, 1.165) is 0 Å². The van der Waals surface area contributed by atoms with E-state index in [1.807, 2.05) is 0 Å². The van der Waals surface area contributed by atoms with Crippen molar-refractivity contribution in [2.24, 2.45) is 14.1 Å². The number of alkyl halides is 2. The van der Waals surface area contributed by atoms with Gasteiger partial charge in [0.25, 0.3) is 0 Å². The molecule has 20 heteroatoms. The molecule has 0 spiro atoms. The number of ether oxygens (including phenoxy) is 4. The summed E-state index contributed by atoms with van der Waals surface area (Å²) in [5, 5.41) is 34.9. The maximum Gasteiger partial charge on any atom is 0.409 e. The van der Waals surface area contributed by atoms with Crippen LogP contribution in [0.1, 0.15) is 90.4 Å². The predicted octanol–water partition coefficient (Wildman–Crippen LogP) is 4.82. The molecule has 0 aromatic carbocycles. The van der Waals surface area contributed by atoms with Gasteiger partial charge in [0.15, 0.2) is 6.23 Å². The molecule has 2 aromatic rings. The first kappa shape index (κ1) is 40.0. The van der Waals surface area contributed by atoms with E-state index in [2.05, 4.69) is 20.8 Å². The molecule has 2 saturated heterocycles. The minimum Gasteiger partial charge on any atom is -0.444 e. The number of rotatable bonds is 6. The first-order chi connectivity index (χ1) is 23.2. The van der Waals surface area contributed by atoms with E-state index in [9.17, 15) is 38.6 Å². The molecule has 18 nitrogen and oxygen atoms in total. The minimum atomic E-state index is -1.72. The van der Waals surface area contributed by atoms with Crippen molar-refractivity contribution in [3.8, 4) is 0 Å². The predicted molar refractivity (Wildman–Crippen MR) is 172 cm³/mol. The lowest BCUT2D eigenvalue weighted by atomic mass is 9.97. The first-order valence-corrected chi connectivity index (χ1v) is 16.0. The van der Waals surface area contributed by atoms with Crippen molar-refractivity contribution in [2.45, 2.75) is 115 Å². The molecule has 2 amide bonds. The molecular weight excluding hydrogens is 670 g/mol. The Morgan fingerprint density at radius 2 is 1.24 bits per heavy atom. The van der Waals surface area contributed by atoms with E-state index in [4.69, 9.17) is 18.9 Å². The Bertz CT molecular complexity index is 1390. The molecule has 0 saturated carbocycles. The van der Waals surface area contributed by atoms with Crippen molar-refractivity contribution < 1.29 is 47.2 Å². The Labute approximate surface area is 287 Å². The third-order valence-corrected chi connectivity index (χ3v) is 7.65. The van der Waals surface area contributed by atoms with Gasteiger partial charge >= 0.3 is 23.6 Å². The molecule has 0 radical (unpaired) electrons. The molecule has 4 heterocycles. The number of aromatic nitrogens is 4. The Morgan fingerprint density at radius 1 is 0.800 bits per heavy atom. The molecule has 2 fully saturated rings. The van der Waals surface area contributed by atoms with Crippen molar-refractivity contribution in [3.05, 3.63) is 44.0 Å². The number of nitrogens with zero attached hydrogens (tertiary/aromatic N) is 6. The van der Waals surface area contributed by atoms with Gasteiger partial charge < -0.3 is 24.3 Å². The number of nitro groups is 2. The summed E-state index contributed by atoms with van der Waals surface area (Å²) in [4.78, 5) is 44.9. The number of amides is 2. The Kier molecular flexibility index (Phi) is 13.2. The van der Waals surface area contributed by atoms with Gasteiger partial charge in [0.05, 0.1) is 29.1 Å². The van der Waals surface area contributed by atoms with Gasteiger partial charge in [-0.2, -0.15) is 10.2 Å². The minimum absolute atomic E-state index is 0.0290. The molecule has 0 bridgehead atoms. The number of carbonyl (C=O) groups excluding carboxylic acids is 2. The highest BCUT2D eigenvalue weighted by molar-refractivity contribution is 5.68. The standard InChI is InChI=1S/2C15H23FN4O5/c1-15(2,3)25-14(21)18-10-6-5-9(8-24-13(10)16)12-11(20(22)23)7-17-19(12)4;1-15(2,3)25-14(21)18-13-10(16)6-5-9(8-24-13)12-11(20(22)23)7-17-19(12)4/h2*7,9-10,13H,5-6,8H2,1-4H3,(H,18,21)/t2*9-,10+,13-/m11/s1. The highest BCUT2D eigenvalue weighted by atomic mass is 19.1. The Morgan fingerprint density at radius 3 is 1.70 bits per heavy atom. The number of aryl methyl sites for hydroxylation is 2. The number of halogens is 2. The maximum atomic E-state index is 14.3. The summed E-state index contributed by atoms with van der Waals surface area (Å²) >= 11 is 0. The summed E-state index contributed by atoms with van der Waals surface area (Å²) < 4.78 is 52.2. The molecule has 50 heavy (non-hydrogen) atoms. The SMILES string of the molecule is Cn1ncc([N+](=O)[O-])c1[C@@H]1CC[C@H](F)[C@H](NC(=O)OC(C)(C)C)OC1.Cn1ncc([N+](=O)[O-])c1[C@@H]1CC[C@H](NC(=O)OC(C)(C)C)[C@H](F)OC1. The van der Waals surface area contributed by atoms with E-state index in [0.29, 0.717) is 24.2 Å².